The highest BCUT2D eigenvalue weighted by atomic mass is 14.9. The Morgan fingerprint density at radius 3 is 2.23 bits per heavy atom. The van der Waals surface area contributed by atoms with Crippen LogP contribution in [0.3, 0.4) is 0 Å². The van der Waals surface area contributed by atoms with Gasteiger partial charge in [0.2, 0.25) is 0 Å². The van der Waals surface area contributed by atoms with Gasteiger partial charge in [0.25, 0.3) is 0 Å². The Morgan fingerprint density at radius 1 is 1.23 bits per heavy atom. The predicted octanol–water partition coefficient (Wildman–Crippen LogP) is 3.45. The quantitative estimate of drug-likeness (QED) is 0.640. The molecule has 0 aromatic carbocycles. The molecule has 0 aliphatic rings. The van der Waals surface area contributed by atoms with Crippen LogP contribution in [0.1, 0.15) is 53.9 Å². The molecule has 0 amide bonds. The van der Waals surface area contributed by atoms with Gasteiger partial charge in [-0.2, -0.15) is 0 Å². The average molecular weight is 185 g/mol. The van der Waals surface area contributed by atoms with E-state index in [-0.39, 0.29) is 0 Å². The van der Waals surface area contributed by atoms with Crippen LogP contribution in [0.25, 0.3) is 0 Å². The third kappa shape index (κ3) is 6.09. The molecule has 1 N–H and O–H groups in total. The van der Waals surface area contributed by atoms with Crippen LogP contribution >= 0.6 is 0 Å². The maximum Gasteiger partial charge on any atom is 0.000494 e. The van der Waals surface area contributed by atoms with Crippen LogP contribution in [0.2, 0.25) is 0 Å². The number of nitrogens with one attached hydrogen (secondary N) is 1. The van der Waals surface area contributed by atoms with Gasteiger partial charge < -0.3 is 5.32 Å². The molecule has 1 unspecified atom stereocenters. The Bertz CT molecular complexity index is 120. The van der Waals surface area contributed by atoms with E-state index < -0.39 is 0 Å². The first-order valence-electron chi connectivity index (χ1n) is 5.74. The monoisotopic (exact) mass is 185 g/mol. The molecule has 13 heavy (non-hydrogen) atoms. The second-order valence-corrected chi connectivity index (χ2v) is 4.88. The molecule has 0 aliphatic heterocycles. The minimum absolute atomic E-state index is 0.514. The summed E-state index contributed by atoms with van der Waals surface area (Å²) in [6.07, 6.45) is 4.00. The van der Waals surface area contributed by atoms with E-state index in [0.717, 1.165) is 12.5 Å². The van der Waals surface area contributed by atoms with Gasteiger partial charge in [0.15, 0.2) is 0 Å². The topological polar surface area (TPSA) is 12.0 Å². The molecule has 0 spiro atoms. The molecule has 0 rings (SSSR count). The summed E-state index contributed by atoms with van der Waals surface area (Å²) >= 11 is 0. The Balaban J connectivity index is 3.81. The molecule has 0 aromatic heterocycles. The lowest BCUT2D eigenvalue weighted by Crippen LogP contribution is -2.31. The van der Waals surface area contributed by atoms with Crippen LogP contribution in [0.5, 0.6) is 0 Å². The minimum Gasteiger partial charge on any atom is -0.316 e. The Morgan fingerprint density at radius 2 is 1.85 bits per heavy atom. The largest absolute Gasteiger partial charge is 0.316 e. The van der Waals surface area contributed by atoms with Gasteiger partial charge in [0.1, 0.15) is 0 Å². The van der Waals surface area contributed by atoms with Gasteiger partial charge in [-0.05, 0) is 30.7 Å². The third-order valence-corrected chi connectivity index (χ3v) is 2.98. The molecule has 0 heterocycles. The van der Waals surface area contributed by atoms with Crippen molar-refractivity contribution < 1.29 is 0 Å². The second kappa shape index (κ2) is 6.42. The van der Waals surface area contributed by atoms with E-state index in [1.807, 2.05) is 0 Å². The first-order chi connectivity index (χ1) is 6.04. The smallest absolute Gasteiger partial charge is 0.000494 e. The van der Waals surface area contributed by atoms with Crippen molar-refractivity contribution >= 4 is 0 Å². The maximum atomic E-state index is 3.46. The summed E-state index contributed by atoms with van der Waals surface area (Å²) in [7, 11) is 0. The van der Waals surface area contributed by atoms with Crippen molar-refractivity contribution in [2.24, 2.45) is 11.3 Å². The lowest BCUT2D eigenvalue weighted by Gasteiger charge is -2.29. The maximum absolute atomic E-state index is 3.46. The van der Waals surface area contributed by atoms with E-state index in [1.54, 1.807) is 0 Å². The third-order valence-electron chi connectivity index (χ3n) is 2.98. The summed E-state index contributed by atoms with van der Waals surface area (Å²) in [5, 5.41) is 3.46. The molecule has 1 nitrogen and oxygen atoms in total. The van der Waals surface area contributed by atoms with E-state index in [2.05, 4.69) is 39.9 Å². The molecule has 1 atom stereocenters. The van der Waals surface area contributed by atoms with Crippen molar-refractivity contribution in [1.82, 2.24) is 5.32 Å². The molecular weight excluding hydrogens is 158 g/mol. The lowest BCUT2D eigenvalue weighted by atomic mass is 9.81. The van der Waals surface area contributed by atoms with E-state index in [1.165, 1.54) is 25.8 Å². The van der Waals surface area contributed by atoms with E-state index in [0.29, 0.717) is 5.41 Å². The molecule has 80 valence electrons. The molecular formula is C12H27N. The van der Waals surface area contributed by atoms with Gasteiger partial charge in [-0.1, -0.05) is 41.0 Å². The minimum atomic E-state index is 0.514. The van der Waals surface area contributed by atoms with Gasteiger partial charge >= 0.3 is 0 Å². The summed E-state index contributed by atoms with van der Waals surface area (Å²) in [4.78, 5) is 0. The molecule has 0 bridgehead atoms. The predicted molar refractivity (Wildman–Crippen MR) is 61.0 cm³/mol. The van der Waals surface area contributed by atoms with Crippen LogP contribution < -0.4 is 5.32 Å². The van der Waals surface area contributed by atoms with E-state index in [9.17, 15) is 0 Å². The molecule has 1 heteroatoms. The Labute approximate surface area is 84.3 Å². The van der Waals surface area contributed by atoms with Crippen molar-refractivity contribution in [1.29, 1.82) is 0 Å². The van der Waals surface area contributed by atoms with Crippen molar-refractivity contribution in [3.63, 3.8) is 0 Å². The number of hydrogen-bond acceptors (Lipinski definition) is 1. The molecule has 0 aromatic rings. The van der Waals surface area contributed by atoms with Crippen LogP contribution in [0, 0.1) is 11.3 Å². The highest BCUT2D eigenvalue weighted by Gasteiger charge is 2.21. The molecule has 0 radical (unpaired) electrons. The average Bonchev–Trinajstić information content (AvgIpc) is 2.11. The zero-order valence-corrected chi connectivity index (χ0v) is 10.1. The highest BCUT2D eigenvalue weighted by molar-refractivity contribution is 4.75. The number of rotatable bonds is 7. The SMILES string of the molecule is CCNCC(C)(CC)CCC(C)C. The lowest BCUT2D eigenvalue weighted by molar-refractivity contribution is 0.251. The second-order valence-electron chi connectivity index (χ2n) is 4.88. The van der Waals surface area contributed by atoms with Crippen LogP contribution in [0.15, 0.2) is 0 Å². The van der Waals surface area contributed by atoms with Gasteiger partial charge in [-0.3, -0.25) is 0 Å². The number of hydrogen-bond donors (Lipinski definition) is 1. The summed E-state index contributed by atoms with van der Waals surface area (Å²) < 4.78 is 0. The zero-order chi connectivity index (χ0) is 10.3. The summed E-state index contributed by atoms with van der Waals surface area (Å²) in [6, 6.07) is 0. The van der Waals surface area contributed by atoms with Crippen molar-refractivity contribution in [3.05, 3.63) is 0 Å². The molecule has 0 saturated heterocycles. The fourth-order valence-electron chi connectivity index (χ4n) is 1.45. The summed E-state index contributed by atoms with van der Waals surface area (Å²) in [5.41, 5.74) is 0.514. The fourth-order valence-corrected chi connectivity index (χ4v) is 1.45. The first kappa shape index (κ1) is 13.0. The molecule has 0 fully saturated rings. The van der Waals surface area contributed by atoms with Crippen LogP contribution in [-0.4, -0.2) is 13.1 Å². The fraction of sp³-hybridized carbons (Fsp3) is 1.00. The normalized spacial score (nSPS) is 16.2. The van der Waals surface area contributed by atoms with Crippen molar-refractivity contribution in [2.75, 3.05) is 13.1 Å². The van der Waals surface area contributed by atoms with Crippen LogP contribution in [-0.2, 0) is 0 Å². The van der Waals surface area contributed by atoms with E-state index >= 15 is 0 Å². The summed E-state index contributed by atoms with van der Waals surface area (Å²) in [6.45, 7) is 13.8. The first-order valence-corrected chi connectivity index (χ1v) is 5.74. The van der Waals surface area contributed by atoms with E-state index in [4.69, 9.17) is 0 Å². The Kier molecular flexibility index (Phi) is 6.40. The van der Waals surface area contributed by atoms with Crippen molar-refractivity contribution in [2.45, 2.75) is 53.9 Å². The van der Waals surface area contributed by atoms with Gasteiger partial charge in [-0.25, -0.2) is 0 Å². The zero-order valence-electron chi connectivity index (χ0n) is 10.1. The van der Waals surface area contributed by atoms with Gasteiger partial charge in [0.05, 0.1) is 0 Å². The van der Waals surface area contributed by atoms with Gasteiger partial charge in [0, 0.05) is 6.54 Å². The van der Waals surface area contributed by atoms with Crippen molar-refractivity contribution in [3.8, 4) is 0 Å². The van der Waals surface area contributed by atoms with Crippen LogP contribution in [0.4, 0.5) is 0 Å². The van der Waals surface area contributed by atoms with Gasteiger partial charge in [-0.15, -0.1) is 0 Å². The summed E-state index contributed by atoms with van der Waals surface area (Å²) in [5.74, 6) is 0.840. The Hall–Kier alpha value is -0.0400. The highest BCUT2D eigenvalue weighted by Crippen LogP contribution is 2.28. The molecule has 0 aliphatic carbocycles. The standard InChI is InChI=1S/C12H27N/c1-6-12(5,10-13-7-2)9-8-11(3)4/h11,13H,6-10H2,1-5H3. The molecule has 0 saturated carbocycles.